The Balaban J connectivity index is 2.35. The molecule has 6 nitrogen and oxygen atoms in total. The first kappa shape index (κ1) is 14.7. The van der Waals surface area contributed by atoms with Gasteiger partial charge in [0.2, 0.25) is 15.9 Å². The molecule has 0 spiro atoms. The summed E-state index contributed by atoms with van der Waals surface area (Å²) in [7, 11) is -4.01. The van der Waals surface area contributed by atoms with Crippen LogP contribution in [0.5, 0.6) is 0 Å². The van der Waals surface area contributed by atoms with Crippen LogP contribution < -0.4 is 11.5 Å². The minimum absolute atomic E-state index is 0.0219. The van der Waals surface area contributed by atoms with Crippen LogP contribution in [-0.4, -0.2) is 31.7 Å². The standard InChI is InChI=1S/C12H16FN3O3S/c13-10-4-3-9(14)6-11(10)20(18,19)16-5-1-2-8(7-16)12(15)17/h3-4,6,8H,1-2,5,7,14H2,(H2,15,17). The topological polar surface area (TPSA) is 106 Å². The molecule has 1 aromatic carbocycles. The molecule has 1 saturated heterocycles. The fraction of sp³-hybridized carbons (Fsp3) is 0.417. The van der Waals surface area contributed by atoms with Crippen LogP contribution in [0.4, 0.5) is 10.1 Å². The van der Waals surface area contributed by atoms with Crippen molar-refractivity contribution in [2.75, 3.05) is 18.8 Å². The summed E-state index contributed by atoms with van der Waals surface area (Å²) in [6, 6.07) is 3.38. The second-order valence-corrected chi connectivity index (χ2v) is 6.70. The highest BCUT2D eigenvalue weighted by Crippen LogP contribution is 2.26. The Kier molecular flexibility index (Phi) is 3.96. The van der Waals surface area contributed by atoms with Crippen molar-refractivity contribution < 1.29 is 17.6 Å². The number of anilines is 1. The van der Waals surface area contributed by atoms with Gasteiger partial charge in [0.1, 0.15) is 10.7 Å². The van der Waals surface area contributed by atoms with Crippen molar-refractivity contribution in [3.8, 4) is 0 Å². The third-order valence-electron chi connectivity index (χ3n) is 3.36. The van der Waals surface area contributed by atoms with Crippen LogP contribution in [0.1, 0.15) is 12.8 Å². The summed E-state index contributed by atoms with van der Waals surface area (Å²) >= 11 is 0. The normalized spacial score (nSPS) is 20.8. The van der Waals surface area contributed by atoms with Crippen molar-refractivity contribution in [3.05, 3.63) is 24.0 Å². The van der Waals surface area contributed by atoms with Gasteiger partial charge in [0.15, 0.2) is 0 Å². The second kappa shape index (κ2) is 5.37. The van der Waals surface area contributed by atoms with Gasteiger partial charge in [-0.3, -0.25) is 4.79 Å². The average Bonchev–Trinajstić information content (AvgIpc) is 2.41. The lowest BCUT2D eigenvalue weighted by Crippen LogP contribution is -2.44. The summed E-state index contributed by atoms with van der Waals surface area (Å²) < 4.78 is 39.6. The maximum absolute atomic E-state index is 13.7. The monoisotopic (exact) mass is 301 g/mol. The molecule has 4 N–H and O–H groups in total. The Morgan fingerprint density at radius 3 is 2.75 bits per heavy atom. The van der Waals surface area contributed by atoms with E-state index in [0.29, 0.717) is 12.8 Å². The minimum Gasteiger partial charge on any atom is -0.399 e. The number of nitrogen functional groups attached to an aromatic ring is 1. The molecule has 1 aliphatic rings. The van der Waals surface area contributed by atoms with Crippen molar-refractivity contribution in [1.29, 1.82) is 0 Å². The van der Waals surface area contributed by atoms with Gasteiger partial charge >= 0.3 is 0 Å². The highest BCUT2D eigenvalue weighted by molar-refractivity contribution is 7.89. The fourth-order valence-electron chi connectivity index (χ4n) is 2.25. The molecule has 1 fully saturated rings. The number of piperidine rings is 1. The number of carbonyl (C=O) groups is 1. The zero-order valence-corrected chi connectivity index (χ0v) is 11.6. The number of rotatable bonds is 3. The molecule has 2 rings (SSSR count). The predicted molar refractivity (Wildman–Crippen MR) is 71.5 cm³/mol. The first-order valence-corrected chi connectivity index (χ1v) is 7.61. The van der Waals surface area contributed by atoms with Crippen LogP contribution in [0.3, 0.4) is 0 Å². The number of nitrogens with two attached hydrogens (primary N) is 2. The van der Waals surface area contributed by atoms with E-state index >= 15 is 0 Å². The van der Waals surface area contributed by atoms with E-state index in [9.17, 15) is 17.6 Å². The average molecular weight is 301 g/mol. The molecular formula is C12H16FN3O3S. The van der Waals surface area contributed by atoms with Gasteiger partial charge in [0.05, 0.1) is 5.92 Å². The third kappa shape index (κ3) is 2.75. The molecule has 110 valence electrons. The van der Waals surface area contributed by atoms with E-state index < -0.39 is 32.6 Å². The SMILES string of the molecule is NC(=O)C1CCCN(S(=O)(=O)c2cc(N)ccc2F)C1. The van der Waals surface area contributed by atoms with Gasteiger partial charge in [-0.2, -0.15) is 4.31 Å². The first-order chi connectivity index (χ1) is 9.32. The van der Waals surface area contributed by atoms with Crippen molar-refractivity contribution in [2.45, 2.75) is 17.7 Å². The molecular weight excluding hydrogens is 285 g/mol. The maximum Gasteiger partial charge on any atom is 0.246 e. The van der Waals surface area contributed by atoms with Gasteiger partial charge in [0, 0.05) is 18.8 Å². The molecule has 8 heteroatoms. The molecule has 1 unspecified atom stereocenters. The van der Waals surface area contributed by atoms with Crippen LogP contribution in [0.25, 0.3) is 0 Å². The Morgan fingerprint density at radius 1 is 1.40 bits per heavy atom. The predicted octanol–water partition coefficient (Wildman–Crippen LogP) is 0.294. The molecule has 1 amide bonds. The van der Waals surface area contributed by atoms with Gasteiger partial charge in [-0.15, -0.1) is 0 Å². The molecule has 1 aromatic rings. The van der Waals surface area contributed by atoms with E-state index in [2.05, 4.69) is 0 Å². The van der Waals surface area contributed by atoms with E-state index in [0.717, 1.165) is 16.4 Å². The molecule has 0 aromatic heterocycles. The molecule has 0 bridgehead atoms. The van der Waals surface area contributed by atoms with Crippen LogP contribution in [0.15, 0.2) is 23.1 Å². The van der Waals surface area contributed by atoms with Crippen LogP contribution in [0, 0.1) is 11.7 Å². The zero-order valence-electron chi connectivity index (χ0n) is 10.8. The lowest BCUT2D eigenvalue weighted by molar-refractivity contribution is -0.122. The number of hydrogen-bond donors (Lipinski definition) is 2. The number of carbonyl (C=O) groups excluding carboxylic acids is 1. The van der Waals surface area contributed by atoms with E-state index in [1.54, 1.807) is 0 Å². The molecule has 1 heterocycles. The molecule has 0 radical (unpaired) electrons. The highest BCUT2D eigenvalue weighted by atomic mass is 32.2. The Bertz CT molecular complexity index is 633. The number of sulfonamides is 1. The quantitative estimate of drug-likeness (QED) is 0.783. The molecule has 0 aliphatic carbocycles. The molecule has 1 aliphatic heterocycles. The second-order valence-electron chi connectivity index (χ2n) is 4.79. The number of nitrogens with zero attached hydrogens (tertiary/aromatic N) is 1. The van der Waals surface area contributed by atoms with E-state index in [4.69, 9.17) is 11.5 Å². The van der Waals surface area contributed by atoms with Crippen molar-refractivity contribution in [2.24, 2.45) is 11.7 Å². The van der Waals surface area contributed by atoms with Gasteiger partial charge in [-0.05, 0) is 31.0 Å². The number of primary amides is 1. The summed E-state index contributed by atoms with van der Waals surface area (Å²) in [5.74, 6) is -1.94. The zero-order chi connectivity index (χ0) is 14.9. The van der Waals surface area contributed by atoms with Gasteiger partial charge in [-0.1, -0.05) is 0 Å². The summed E-state index contributed by atoms with van der Waals surface area (Å²) in [5, 5.41) is 0. The first-order valence-electron chi connectivity index (χ1n) is 6.17. The summed E-state index contributed by atoms with van der Waals surface area (Å²) in [6.07, 6.45) is 1.05. The van der Waals surface area contributed by atoms with E-state index in [-0.39, 0.29) is 18.8 Å². The lowest BCUT2D eigenvalue weighted by Gasteiger charge is -2.30. The smallest absolute Gasteiger partial charge is 0.246 e. The summed E-state index contributed by atoms with van der Waals surface area (Å²) in [4.78, 5) is 10.7. The van der Waals surface area contributed by atoms with Crippen LogP contribution >= 0.6 is 0 Å². The van der Waals surface area contributed by atoms with Crippen LogP contribution in [-0.2, 0) is 14.8 Å². The van der Waals surface area contributed by atoms with Crippen molar-refractivity contribution in [1.82, 2.24) is 4.31 Å². The number of amides is 1. The molecule has 20 heavy (non-hydrogen) atoms. The number of hydrogen-bond acceptors (Lipinski definition) is 4. The molecule has 1 atom stereocenters. The maximum atomic E-state index is 13.7. The van der Waals surface area contributed by atoms with Gasteiger partial charge < -0.3 is 11.5 Å². The number of benzene rings is 1. The van der Waals surface area contributed by atoms with Crippen LogP contribution in [0.2, 0.25) is 0 Å². The fourth-order valence-corrected chi connectivity index (χ4v) is 3.87. The largest absolute Gasteiger partial charge is 0.399 e. The minimum atomic E-state index is -4.01. The number of halogens is 1. The summed E-state index contributed by atoms with van der Waals surface area (Å²) in [6.45, 7) is 0.215. The van der Waals surface area contributed by atoms with Crippen molar-refractivity contribution >= 4 is 21.6 Å². The van der Waals surface area contributed by atoms with E-state index in [1.807, 2.05) is 0 Å². The van der Waals surface area contributed by atoms with Gasteiger partial charge in [0.25, 0.3) is 0 Å². The summed E-state index contributed by atoms with van der Waals surface area (Å²) in [5.41, 5.74) is 10.9. The lowest BCUT2D eigenvalue weighted by atomic mass is 9.99. The van der Waals surface area contributed by atoms with Gasteiger partial charge in [-0.25, -0.2) is 12.8 Å². The Hall–Kier alpha value is -1.67. The third-order valence-corrected chi connectivity index (χ3v) is 5.24. The highest BCUT2D eigenvalue weighted by Gasteiger charge is 2.33. The van der Waals surface area contributed by atoms with E-state index in [1.165, 1.54) is 6.07 Å². The van der Waals surface area contributed by atoms with Crippen molar-refractivity contribution in [3.63, 3.8) is 0 Å². The molecule has 0 saturated carbocycles. The Morgan fingerprint density at radius 2 is 2.10 bits per heavy atom. The Labute approximate surface area is 116 Å².